The first-order valence-electron chi connectivity index (χ1n) is 7.83. The molecule has 4 nitrogen and oxygen atoms in total. The number of amides is 1. The molecule has 2 heterocycles. The van der Waals surface area contributed by atoms with Gasteiger partial charge in [0.1, 0.15) is 5.69 Å². The van der Waals surface area contributed by atoms with Crippen LogP contribution >= 0.6 is 0 Å². The Kier molecular flexibility index (Phi) is 5.06. The molecule has 3 aromatic rings. The summed E-state index contributed by atoms with van der Waals surface area (Å²) < 4.78 is 42.8. The van der Waals surface area contributed by atoms with Gasteiger partial charge in [-0.3, -0.25) is 9.78 Å². The summed E-state index contributed by atoms with van der Waals surface area (Å²) in [5.41, 5.74) is 1.28. The van der Waals surface area contributed by atoms with Gasteiger partial charge in [-0.15, -0.1) is 0 Å². The van der Waals surface area contributed by atoms with Crippen LogP contribution in [0.1, 0.15) is 16.7 Å². The van der Waals surface area contributed by atoms with E-state index >= 15 is 0 Å². The largest absolute Gasteiger partial charge is 0.463 e. The van der Waals surface area contributed by atoms with Crippen molar-refractivity contribution in [3.63, 3.8) is 0 Å². The molecule has 0 bridgehead atoms. The minimum Gasteiger partial charge on any atom is -0.463 e. The first-order chi connectivity index (χ1) is 12.4. The molecule has 0 atom stereocenters. The molecular formula is C19H15F3N2O2. The van der Waals surface area contributed by atoms with Crippen molar-refractivity contribution in [3.8, 4) is 11.5 Å². The Balaban J connectivity index is 1.52. The number of carbonyl (C=O) groups excluding carboxylic acids is 1. The monoisotopic (exact) mass is 360 g/mol. The molecule has 1 aromatic carbocycles. The summed E-state index contributed by atoms with van der Waals surface area (Å²) >= 11 is 0. The summed E-state index contributed by atoms with van der Waals surface area (Å²) in [5.74, 6) is 0.378. The Hall–Kier alpha value is -3.09. The van der Waals surface area contributed by atoms with Crippen LogP contribution in [0.4, 0.5) is 13.2 Å². The van der Waals surface area contributed by atoms with Crippen molar-refractivity contribution in [3.05, 3.63) is 77.7 Å². The average molecular weight is 360 g/mol. The molecule has 0 aliphatic carbocycles. The summed E-state index contributed by atoms with van der Waals surface area (Å²) in [4.78, 5) is 16.2. The van der Waals surface area contributed by atoms with Crippen molar-refractivity contribution in [2.45, 2.75) is 19.1 Å². The molecule has 3 rings (SSSR count). The molecular weight excluding hydrogens is 345 g/mol. The molecule has 1 N–H and O–H groups in total. The quantitative estimate of drug-likeness (QED) is 0.741. The topological polar surface area (TPSA) is 55.1 Å². The van der Waals surface area contributed by atoms with Crippen LogP contribution in [-0.4, -0.2) is 10.9 Å². The third-order valence-electron chi connectivity index (χ3n) is 3.73. The first kappa shape index (κ1) is 17.7. The molecule has 134 valence electrons. The van der Waals surface area contributed by atoms with Gasteiger partial charge < -0.3 is 9.73 Å². The highest BCUT2D eigenvalue weighted by Gasteiger charge is 2.29. The molecule has 2 aromatic heterocycles. The second-order valence-corrected chi connectivity index (χ2v) is 5.68. The maximum absolute atomic E-state index is 12.5. The number of alkyl halides is 3. The van der Waals surface area contributed by atoms with Crippen LogP contribution in [0, 0.1) is 0 Å². The van der Waals surface area contributed by atoms with E-state index in [1.54, 1.807) is 30.7 Å². The number of carbonyl (C=O) groups is 1. The van der Waals surface area contributed by atoms with Crippen LogP contribution in [0.25, 0.3) is 11.5 Å². The van der Waals surface area contributed by atoms with E-state index in [9.17, 15) is 18.0 Å². The van der Waals surface area contributed by atoms with Crippen LogP contribution in [0.15, 0.2) is 65.4 Å². The van der Waals surface area contributed by atoms with Crippen LogP contribution in [-0.2, 0) is 23.9 Å². The molecule has 26 heavy (non-hydrogen) atoms. The van der Waals surface area contributed by atoms with Gasteiger partial charge in [0.15, 0.2) is 5.76 Å². The summed E-state index contributed by atoms with van der Waals surface area (Å²) in [5, 5.41) is 2.72. The lowest BCUT2D eigenvalue weighted by atomic mass is 10.1. The Labute approximate surface area is 147 Å². The number of furan rings is 1. The van der Waals surface area contributed by atoms with E-state index in [0.717, 1.165) is 17.7 Å². The van der Waals surface area contributed by atoms with Gasteiger partial charge in [0.2, 0.25) is 5.91 Å². The molecule has 0 aliphatic rings. The zero-order valence-corrected chi connectivity index (χ0v) is 13.6. The molecule has 0 spiro atoms. The molecule has 0 aliphatic heterocycles. The fourth-order valence-electron chi connectivity index (χ4n) is 2.36. The van der Waals surface area contributed by atoms with Crippen molar-refractivity contribution in [1.82, 2.24) is 10.3 Å². The Morgan fingerprint density at radius 1 is 1.04 bits per heavy atom. The maximum atomic E-state index is 12.5. The van der Waals surface area contributed by atoms with Gasteiger partial charge in [-0.25, -0.2) is 0 Å². The smallest absolute Gasteiger partial charge is 0.416 e. The summed E-state index contributed by atoms with van der Waals surface area (Å²) in [6.45, 7) is 0.283. The number of nitrogens with zero attached hydrogens (tertiary/aromatic N) is 1. The SMILES string of the molecule is O=C(Cc1ccc(C(F)(F)F)cc1)NCc1ccc(-c2ccco2)nc1. The van der Waals surface area contributed by atoms with Crippen molar-refractivity contribution < 1.29 is 22.4 Å². The van der Waals surface area contributed by atoms with Crippen molar-refractivity contribution >= 4 is 5.91 Å². The molecule has 0 saturated carbocycles. The van der Waals surface area contributed by atoms with E-state index in [1.165, 1.54) is 12.1 Å². The minimum absolute atomic E-state index is 0.00996. The van der Waals surface area contributed by atoms with E-state index < -0.39 is 11.7 Å². The van der Waals surface area contributed by atoms with Crippen molar-refractivity contribution in [2.75, 3.05) is 0 Å². The number of aromatic nitrogens is 1. The number of rotatable bonds is 5. The lowest BCUT2D eigenvalue weighted by Crippen LogP contribution is -2.24. The molecule has 0 unspecified atom stereocenters. The summed E-state index contributed by atoms with van der Waals surface area (Å²) in [7, 11) is 0. The fourth-order valence-corrected chi connectivity index (χ4v) is 2.36. The van der Waals surface area contributed by atoms with E-state index in [0.29, 0.717) is 17.0 Å². The highest BCUT2D eigenvalue weighted by molar-refractivity contribution is 5.78. The Bertz CT molecular complexity index is 855. The van der Waals surface area contributed by atoms with Crippen LogP contribution in [0.3, 0.4) is 0 Å². The predicted octanol–water partition coefficient (Wildman–Crippen LogP) is 4.22. The van der Waals surface area contributed by atoms with Crippen LogP contribution in [0.2, 0.25) is 0 Å². The van der Waals surface area contributed by atoms with E-state index in [1.807, 2.05) is 6.07 Å². The zero-order valence-electron chi connectivity index (χ0n) is 13.6. The molecule has 7 heteroatoms. The van der Waals surface area contributed by atoms with Crippen LogP contribution < -0.4 is 5.32 Å². The van der Waals surface area contributed by atoms with Crippen molar-refractivity contribution in [2.24, 2.45) is 0 Å². The van der Waals surface area contributed by atoms with Crippen LogP contribution in [0.5, 0.6) is 0 Å². The second-order valence-electron chi connectivity index (χ2n) is 5.68. The lowest BCUT2D eigenvalue weighted by Gasteiger charge is -2.08. The number of halogens is 3. The molecule has 0 fully saturated rings. The van der Waals surface area contributed by atoms with Gasteiger partial charge in [0, 0.05) is 12.7 Å². The number of pyridine rings is 1. The number of hydrogen-bond donors (Lipinski definition) is 1. The highest BCUT2D eigenvalue weighted by atomic mass is 19.4. The molecule has 1 amide bonds. The summed E-state index contributed by atoms with van der Waals surface area (Å²) in [6.07, 6.45) is -1.17. The Morgan fingerprint density at radius 2 is 1.77 bits per heavy atom. The van der Waals surface area contributed by atoms with Crippen molar-refractivity contribution in [1.29, 1.82) is 0 Å². The third-order valence-corrected chi connectivity index (χ3v) is 3.73. The highest BCUT2D eigenvalue weighted by Crippen LogP contribution is 2.29. The summed E-state index contributed by atoms with van der Waals surface area (Å²) in [6, 6.07) is 11.7. The molecule has 0 saturated heterocycles. The van der Waals surface area contributed by atoms with E-state index in [-0.39, 0.29) is 18.9 Å². The van der Waals surface area contributed by atoms with Gasteiger partial charge in [0.25, 0.3) is 0 Å². The Morgan fingerprint density at radius 3 is 2.35 bits per heavy atom. The van der Waals surface area contributed by atoms with Gasteiger partial charge in [-0.2, -0.15) is 13.2 Å². The third kappa shape index (κ3) is 4.50. The number of hydrogen-bond acceptors (Lipinski definition) is 3. The predicted molar refractivity (Wildman–Crippen MR) is 88.9 cm³/mol. The molecule has 0 radical (unpaired) electrons. The standard InChI is InChI=1S/C19H15F3N2O2/c20-19(21,22)15-6-3-13(4-7-15)10-18(25)24-12-14-5-8-16(23-11-14)17-2-1-9-26-17/h1-9,11H,10,12H2,(H,24,25). The first-order valence-corrected chi connectivity index (χ1v) is 7.83. The van der Waals surface area contributed by atoms with Gasteiger partial charge in [-0.05, 0) is 41.5 Å². The minimum atomic E-state index is -4.38. The van der Waals surface area contributed by atoms with E-state index in [2.05, 4.69) is 10.3 Å². The normalized spacial score (nSPS) is 11.3. The number of benzene rings is 1. The number of nitrogens with one attached hydrogen (secondary N) is 1. The average Bonchev–Trinajstić information content (AvgIpc) is 3.15. The second kappa shape index (κ2) is 7.43. The lowest BCUT2D eigenvalue weighted by molar-refractivity contribution is -0.137. The van der Waals surface area contributed by atoms with Gasteiger partial charge in [0.05, 0.1) is 18.2 Å². The van der Waals surface area contributed by atoms with Gasteiger partial charge in [-0.1, -0.05) is 18.2 Å². The maximum Gasteiger partial charge on any atom is 0.416 e. The van der Waals surface area contributed by atoms with E-state index in [4.69, 9.17) is 4.42 Å². The zero-order chi connectivity index (χ0) is 18.6. The van der Waals surface area contributed by atoms with Gasteiger partial charge >= 0.3 is 6.18 Å². The fraction of sp³-hybridized carbons (Fsp3) is 0.158.